The van der Waals surface area contributed by atoms with Crippen molar-refractivity contribution in [1.82, 2.24) is 21.3 Å². The van der Waals surface area contributed by atoms with E-state index in [0.29, 0.717) is 38.6 Å². The monoisotopic (exact) mass is 414 g/mol. The smallest absolute Gasteiger partial charge is 0.242 e. The molecule has 2 atom stereocenters. The maximum absolute atomic E-state index is 12.8. The van der Waals surface area contributed by atoms with Crippen molar-refractivity contribution in [2.24, 2.45) is 11.8 Å². The van der Waals surface area contributed by atoms with Crippen LogP contribution in [0.1, 0.15) is 31.7 Å². The van der Waals surface area contributed by atoms with Crippen LogP contribution in [-0.2, 0) is 16.0 Å². The van der Waals surface area contributed by atoms with E-state index in [2.05, 4.69) is 40.8 Å². The number of benzene rings is 1. The summed E-state index contributed by atoms with van der Waals surface area (Å²) in [7, 11) is 0. The van der Waals surface area contributed by atoms with Gasteiger partial charge < -0.3 is 26.0 Å². The van der Waals surface area contributed by atoms with E-state index < -0.39 is 6.04 Å². The maximum Gasteiger partial charge on any atom is 0.242 e. The van der Waals surface area contributed by atoms with E-state index >= 15 is 0 Å². The lowest BCUT2D eigenvalue weighted by Crippen LogP contribution is -2.50. The molecule has 164 valence electrons. The second kappa shape index (κ2) is 11.0. The number of fused-ring (bicyclic) bond motifs is 1. The molecular formula is C23H34N4O3. The first kappa shape index (κ1) is 22.2. The fourth-order valence-electron chi connectivity index (χ4n) is 3.56. The van der Waals surface area contributed by atoms with Crippen LogP contribution in [0.25, 0.3) is 0 Å². The van der Waals surface area contributed by atoms with Gasteiger partial charge in [0.1, 0.15) is 18.4 Å². The predicted molar refractivity (Wildman–Crippen MR) is 117 cm³/mol. The Morgan fingerprint density at radius 2 is 1.93 bits per heavy atom. The molecule has 30 heavy (non-hydrogen) atoms. The first-order valence-corrected chi connectivity index (χ1v) is 10.9. The third-order valence-corrected chi connectivity index (χ3v) is 5.46. The molecule has 4 N–H and O–H groups in total. The third-order valence-electron chi connectivity index (χ3n) is 5.46. The Labute approximate surface area is 179 Å². The van der Waals surface area contributed by atoms with Gasteiger partial charge in [-0.25, -0.2) is 0 Å². The summed E-state index contributed by atoms with van der Waals surface area (Å²) in [6.07, 6.45) is 3.77. The number of nitrogens with one attached hydrogen (secondary N) is 4. The van der Waals surface area contributed by atoms with Crippen LogP contribution in [0, 0.1) is 11.8 Å². The summed E-state index contributed by atoms with van der Waals surface area (Å²) in [6, 6.07) is 7.55. The molecule has 2 aliphatic rings. The minimum absolute atomic E-state index is 0.103. The van der Waals surface area contributed by atoms with E-state index in [-0.39, 0.29) is 24.3 Å². The standard InChI is InChI=1S/C23H34N4O3/c1-16-11-19-5-3-4-6-21(19)30-10-9-24-14-17(2)25-15-22(28)27-20(12-18-7-8-18)23(29)26-13-16/h3-6,16,18,20,24-25H,2,7-15H2,1H3,(H,26,29)(H,27,28). The molecule has 0 saturated heterocycles. The van der Waals surface area contributed by atoms with E-state index in [9.17, 15) is 9.59 Å². The van der Waals surface area contributed by atoms with Crippen LogP contribution in [0.5, 0.6) is 5.75 Å². The number of hydrogen-bond acceptors (Lipinski definition) is 5. The van der Waals surface area contributed by atoms with Crippen LogP contribution in [0.15, 0.2) is 36.5 Å². The van der Waals surface area contributed by atoms with E-state index in [1.807, 2.05) is 18.2 Å². The molecule has 1 aliphatic heterocycles. The number of carbonyl (C=O) groups is 2. The minimum atomic E-state index is -0.486. The molecule has 0 aromatic heterocycles. The average molecular weight is 415 g/mol. The summed E-state index contributed by atoms with van der Waals surface area (Å²) in [4.78, 5) is 25.1. The minimum Gasteiger partial charge on any atom is -0.492 e. The molecule has 0 bridgehead atoms. The second-order valence-corrected chi connectivity index (χ2v) is 8.44. The summed E-state index contributed by atoms with van der Waals surface area (Å²) in [5, 5.41) is 12.2. The van der Waals surface area contributed by atoms with Gasteiger partial charge in [0.05, 0.1) is 6.54 Å². The lowest BCUT2D eigenvalue weighted by atomic mass is 10.00. The summed E-state index contributed by atoms with van der Waals surface area (Å²) >= 11 is 0. The number of amides is 2. The van der Waals surface area contributed by atoms with Gasteiger partial charge in [0.25, 0.3) is 0 Å². The first-order valence-electron chi connectivity index (χ1n) is 10.9. The molecule has 3 rings (SSSR count). The zero-order valence-electron chi connectivity index (χ0n) is 17.8. The van der Waals surface area contributed by atoms with Crippen LogP contribution >= 0.6 is 0 Å². The summed E-state index contributed by atoms with van der Waals surface area (Å²) in [6.45, 7) is 8.48. The van der Waals surface area contributed by atoms with E-state index in [0.717, 1.165) is 36.3 Å². The van der Waals surface area contributed by atoms with Gasteiger partial charge >= 0.3 is 0 Å². The zero-order valence-corrected chi connectivity index (χ0v) is 17.8. The molecule has 1 aromatic carbocycles. The van der Waals surface area contributed by atoms with Crippen molar-refractivity contribution in [3.05, 3.63) is 42.1 Å². The first-order chi connectivity index (χ1) is 14.5. The molecule has 1 fully saturated rings. The summed E-state index contributed by atoms with van der Waals surface area (Å²) in [5.41, 5.74) is 1.86. The van der Waals surface area contributed by atoms with Gasteiger partial charge in [0.2, 0.25) is 11.8 Å². The lowest BCUT2D eigenvalue weighted by molar-refractivity contribution is -0.128. The third kappa shape index (κ3) is 7.37. The number of rotatable bonds is 2. The number of ether oxygens (including phenoxy) is 1. The van der Waals surface area contributed by atoms with Gasteiger partial charge in [0.15, 0.2) is 0 Å². The molecule has 1 saturated carbocycles. The highest BCUT2D eigenvalue weighted by molar-refractivity contribution is 5.88. The van der Waals surface area contributed by atoms with Gasteiger partial charge in [-0.15, -0.1) is 0 Å². The average Bonchev–Trinajstić information content (AvgIpc) is 3.54. The van der Waals surface area contributed by atoms with Crippen LogP contribution in [-0.4, -0.2) is 50.6 Å². The van der Waals surface area contributed by atoms with Crippen molar-refractivity contribution >= 4 is 11.8 Å². The molecule has 7 nitrogen and oxygen atoms in total. The zero-order chi connectivity index (χ0) is 21.3. The predicted octanol–water partition coefficient (Wildman–Crippen LogP) is 1.35. The SMILES string of the molecule is C=C1CNCCOc2ccccc2CC(C)CNC(=O)C(CC2CC2)NC(=O)CN1. The van der Waals surface area contributed by atoms with E-state index in [4.69, 9.17) is 4.74 Å². The maximum atomic E-state index is 12.8. The van der Waals surface area contributed by atoms with Gasteiger partial charge in [-0.05, 0) is 36.3 Å². The topological polar surface area (TPSA) is 91.5 Å². The highest BCUT2D eigenvalue weighted by atomic mass is 16.5. The van der Waals surface area contributed by atoms with Gasteiger partial charge in [-0.2, -0.15) is 0 Å². The van der Waals surface area contributed by atoms with Crippen molar-refractivity contribution in [3.63, 3.8) is 0 Å². The van der Waals surface area contributed by atoms with E-state index in [1.165, 1.54) is 0 Å². The molecule has 0 spiro atoms. The van der Waals surface area contributed by atoms with Crippen molar-refractivity contribution in [3.8, 4) is 5.75 Å². The van der Waals surface area contributed by atoms with Crippen molar-refractivity contribution in [1.29, 1.82) is 0 Å². The van der Waals surface area contributed by atoms with Gasteiger partial charge in [0, 0.05) is 25.3 Å². The highest BCUT2D eigenvalue weighted by Crippen LogP contribution is 2.33. The molecular weight excluding hydrogens is 380 g/mol. The lowest BCUT2D eigenvalue weighted by Gasteiger charge is -2.21. The largest absolute Gasteiger partial charge is 0.492 e. The fourth-order valence-corrected chi connectivity index (χ4v) is 3.56. The highest BCUT2D eigenvalue weighted by Gasteiger charge is 2.30. The fraction of sp³-hybridized carbons (Fsp3) is 0.565. The van der Waals surface area contributed by atoms with Crippen LogP contribution in [0.2, 0.25) is 0 Å². The Kier molecular flexibility index (Phi) is 8.13. The van der Waals surface area contributed by atoms with Crippen LogP contribution in [0.3, 0.4) is 0 Å². The number of hydrogen-bond donors (Lipinski definition) is 4. The van der Waals surface area contributed by atoms with Crippen LogP contribution in [0.4, 0.5) is 0 Å². The van der Waals surface area contributed by atoms with Gasteiger partial charge in [-0.3, -0.25) is 9.59 Å². The number of carbonyl (C=O) groups excluding carboxylic acids is 2. The molecule has 0 radical (unpaired) electrons. The van der Waals surface area contributed by atoms with Crippen molar-refractivity contribution in [2.45, 2.75) is 38.6 Å². The second-order valence-electron chi connectivity index (χ2n) is 8.44. The molecule has 7 heteroatoms. The van der Waals surface area contributed by atoms with Gasteiger partial charge in [-0.1, -0.05) is 44.5 Å². The molecule has 2 amide bonds. The van der Waals surface area contributed by atoms with E-state index in [1.54, 1.807) is 0 Å². The molecule has 1 heterocycles. The van der Waals surface area contributed by atoms with Crippen molar-refractivity contribution in [2.75, 3.05) is 32.8 Å². The Balaban J connectivity index is 1.67. The number of para-hydroxylation sites is 1. The summed E-state index contributed by atoms with van der Waals surface area (Å²) in [5.74, 6) is 1.37. The Morgan fingerprint density at radius 1 is 1.13 bits per heavy atom. The Hall–Kier alpha value is -2.54. The Morgan fingerprint density at radius 3 is 2.73 bits per heavy atom. The van der Waals surface area contributed by atoms with Crippen LogP contribution < -0.4 is 26.0 Å². The van der Waals surface area contributed by atoms with Crippen molar-refractivity contribution < 1.29 is 14.3 Å². The molecule has 1 aliphatic carbocycles. The molecule has 1 aromatic rings. The molecule has 2 unspecified atom stereocenters. The summed E-state index contributed by atoms with van der Waals surface area (Å²) < 4.78 is 5.96. The Bertz CT molecular complexity index is 748. The normalized spacial score (nSPS) is 24.9. The quantitative estimate of drug-likeness (QED) is 0.587.